The Morgan fingerprint density at radius 3 is 2.42 bits per heavy atom. The molecule has 2 heterocycles. The van der Waals surface area contributed by atoms with Crippen LogP contribution in [0.25, 0.3) is 10.1 Å². The van der Waals surface area contributed by atoms with Gasteiger partial charge in [-0.15, -0.1) is 11.3 Å². The van der Waals surface area contributed by atoms with Crippen molar-refractivity contribution in [2.75, 3.05) is 0 Å². The van der Waals surface area contributed by atoms with Crippen LogP contribution in [-0.4, -0.2) is 26.9 Å². The molecule has 0 spiro atoms. The zero-order valence-electron chi connectivity index (χ0n) is 14.9. The van der Waals surface area contributed by atoms with E-state index < -0.39 is 36.3 Å². The van der Waals surface area contributed by atoms with Gasteiger partial charge in [-0.1, -0.05) is 6.07 Å². The number of thiophene rings is 1. The van der Waals surface area contributed by atoms with Gasteiger partial charge in [0, 0.05) is 38.1 Å². The van der Waals surface area contributed by atoms with E-state index in [2.05, 4.69) is 20.9 Å². The number of carbonyl (C=O) groups excluding carboxylic acids is 1. The van der Waals surface area contributed by atoms with Gasteiger partial charge in [0.2, 0.25) is 0 Å². The number of benzene rings is 1. The zero-order valence-corrected chi connectivity index (χ0v) is 18.2. The van der Waals surface area contributed by atoms with Crippen LogP contribution >= 0.6 is 34.9 Å². The van der Waals surface area contributed by atoms with Crippen molar-refractivity contribution in [2.45, 2.75) is 17.9 Å². The molecule has 3 aromatic rings. The normalized spacial score (nSPS) is 13.9. The topological polar surface area (TPSA) is 99.5 Å². The number of hydrogen-bond acceptors (Lipinski definition) is 4. The molecule has 0 aliphatic rings. The molecule has 0 fully saturated rings. The maximum atomic E-state index is 14.1. The van der Waals surface area contributed by atoms with Crippen LogP contribution in [0.3, 0.4) is 0 Å². The third kappa shape index (κ3) is 4.65. The van der Waals surface area contributed by atoms with Crippen LogP contribution in [0.4, 0.5) is 22.0 Å². The molecule has 31 heavy (non-hydrogen) atoms. The Kier molecular flexibility index (Phi) is 6.29. The summed E-state index contributed by atoms with van der Waals surface area (Å²) < 4.78 is 79.5. The predicted octanol–water partition coefficient (Wildman–Crippen LogP) is 5.32. The number of pyridine rings is 1. The molecule has 0 aliphatic carbocycles. The van der Waals surface area contributed by atoms with E-state index >= 15 is 0 Å². The number of alkyl halides is 5. The second-order valence-electron chi connectivity index (χ2n) is 6.28. The van der Waals surface area contributed by atoms with Crippen molar-refractivity contribution in [3.05, 3.63) is 63.2 Å². The van der Waals surface area contributed by atoms with Gasteiger partial charge in [-0.25, -0.2) is 0 Å². The van der Waals surface area contributed by atoms with Gasteiger partial charge in [0.15, 0.2) is 6.04 Å². The molecule has 1 amide bonds. The Hall–Kier alpha value is -1.92. The van der Waals surface area contributed by atoms with Gasteiger partial charge in [0.1, 0.15) is 4.88 Å². The molecule has 3 rings (SSSR count). The molecule has 0 radical (unpaired) electrons. The molecule has 0 bridgehead atoms. The molecule has 2 aromatic heterocycles. The number of carbonyl (C=O) groups is 1. The van der Waals surface area contributed by atoms with Gasteiger partial charge in [-0.2, -0.15) is 22.0 Å². The van der Waals surface area contributed by atoms with Gasteiger partial charge in [-0.3, -0.25) is 14.3 Å². The van der Waals surface area contributed by atoms with E-state index in [0.29, 0.717) is 11.3 Å². The summed E-state index contributed by atoms with van der Waals surface area (Å²) in [5.41, 5.74) is -5.06. The van der Waals surface area contributed by atoms with E-state index in [9.17, 15) is 31.3 Å². The number of nitrogens with one attached hydrogen (secondary N) is 1. The van der Waals surface area contributed by atoms with Crippen LogP contribution in [0.5, 0.6) is 0 Å². The van der Waals surface area contributed by atoms with Crippen LogP contribution in [0, 0.1) is 0 Å². The van der Waals surface area contributed by atoms with Crippen molar-refractivity contribution in [1.82, 2.24) is 10.3 Å². The fourth-order valence-corrected chi connectivity index (χ4v) is 5.57. The molecule has 3 N–H and O–H groups in total. The Morgan fingerprint density at radius 2 is 1.87 bits per heavy atom. The highest BCUT2D eigenvalue weighted by atomic mass is 79.9. The first kappa shape index (κ1) is 23.7. The quantitative estimate of drug-likeness (QED) is 0.298. The first-order valence-corrected chi connectivity index (χ1v) is 11.4. The molecule has 0 saturated heterocycles. The Balaban J connectivity index is 1.99. The van der Waals surface area contributed by atoms with Crippen molar-refractivity contribution < 1.29 is 41.1 Å². The van der Waals surface area contributed by atoms with Gasteiger partial charge in [0.25, 0.3) is 5.91 Å². The van der Waals surface area contributed by atoms with E-state index in [1.807, 2.05) is 5.32 Å². The summed E-state index contributed by atoms with van der Waals surface area (Å²) in [4.78, 5) is 33.0. The molecule has 1 atom stereocenters. The summed E-state index contributed by atoms with van der Waals surface area (Å²) in [5.74, 6) is -1.13. The number of rotatable bonds is 5. The zero-order chi connectivity index (χ0) is 23.2. The Morgan fingerprint density at radius 1 is 1.19 bits per heavy atom. The first-order chi connectivity index (χ1) is 14.2. The lowest BCUT2D eigenvalue weighted by Gasteiger charge is -2.21. The molecule has 14 heteroatoms. The van der Waals surface area contributed by atoms with E-state index in [-0.39, 0.29) is 25.7 Å². The van der Waals surface area contributed by atoms with E-state index in [1.165, 1.54) is 18.3 Å². The molecule has 0 saturated carbocycles. The first-order valence-electron chi connectivity index (χ1n) is 8.17. The second-order valence-corrected chi connectivity index (χ2v) is 9.77. The summed E-state index contributed by atoms with van der Waals surface area (Å²) in [6, 6.07) is 3.44. The second kappa shape index (κ2) is 8.21. The van der Waals surface area contributed by atoms with Crippen molar-refractivity contribution in [2.24, 2.45) is 0 Å². The number of aromatic nitrogens is 1. The molecular weight excluding hydrogens is 534 g/mol. The Labute approximate surface area is 183 Å². The van der Waals surface area contributed by atoms with Crippen LogP contribution in [-0.2, 0) is 10.2 Å². The van der Waals surface area contributed by atoms with Crippen molar-refractivity contribution >= 4 is 50.9 Å². The average molecular weight is 545 g/mol. The summed E-state index contributed by atoms with van der Waals surface area (Å²) >= 11 is 3.23. The number of amides is 1. The third-order valence-electron chi connectivity index (χ3n) is 4.15. The monoisotopic (exact) mass is 544 g/mol. The minimum Gasteiger partial charge on any atom is -0.337 e. The summed E-state index contributed by atoms with van der Waals surface area (Å²) in [6.45, 7) is 0. The SMILES string of the molecule is O=C(NC(c1cccnc1)C(F)(F)F)c1ccc2sc(C(F)(F)P(=O)(O)O)c(Br)c2c1. The van der Waals surface area contributed by atoms with Crippen molar-refractivity contribution in [1.29, 1.82) is 0 Å². The van der Waals surface area contributed by atoms with Crippen molar-refractivity contribution in [3.8, 4) is 0 Å². The van der Waals surface area contributed by atoms with Crippen molar-refractivity contribution in [3.63, 3.8) is 0 Å². The van der Waals surface area contributed by atoms with Crippen LogP contribution in [0.1, 0.15) is 26.8 Å². The fourth-order valence-electron chi connectivity index (χ4n) is 2.65. The predicted molar refractivity (Wildman–Crippen MR) is 106 cm³/mol. The van der Waals surface area contributed by atoms with Gasteiger partial charge >= 0.3 is 19.4 Å². The molecule has 1 aromatic carbocycles. The van der Waals surface area contributed by atoms with E-state index in [1.54, 1.807) is 0 Å². The smallest absolute Gasteiger partial charge is 0.337 e. The molecule has 0 aliphatic heterocycles. The van der Waals surface area contributed by atoms with Gasteiger partial charge in [0.05, 0.1) is 0 Å². The minimum absolute atomic E-state index is 0.00860. The third-order valence-corrected chi connectivity index (χ3v) is 7.58. The molecular formula is C17H11BrF5N2O4PS. The van der Waals surface area contributed by atoms with E-state index in [0.717, 1.165) is 24.4 Å². The number of nitrogens with zero attached hydrogens (tertiary/aromatic N) is 1. The highest BCUT2D eigenvalue weighted by Crippen LogP contribution is 2.62. The van der Waals surface area contributed by atoms with Gasteiger partial charge in [-0.05, 0) is 40.2 Å². The fraction of sp³-hybridized carbons (Fsp3) is 0.176. The minimum atomic E-state index is -5.84. The Bertz CT molecular complexity index is 1180. The van der Waals surface area contributed by atoms with Gasteiger partial charge < -0.3 is 15.1 Å². The number of fused-ring (bicyclic) bond motifs is 1. The number of hydrogen-bond donors (Lipinski definition) is 3. The summed E-state index contributed by atoms with van der Waals surface area (Å²) in [7, 11) is -5.84. The number of halogens is 6. The largest absolute Gasteiger partial charge is 0.412 e. The molecule has 6 nitrogen and oxygen atoms in total. The molecule has 166 valence electrons. The van der Waals surface area contributed by atoms with E-state index in [4.69, 9.17) is 9.79 Å². The lowest BCUT2D eigenvalue weighted by Crippen LogP contribution is -2.38. The van der Waals surface area contributed by atoms with Crippen LogP contribution in [0.15, 0.2) is 47.2 Å². The molecule has 1 unspecified atom stereocenters. The summed E-state index contributed by atoms with van der Waals surface area (Å²) in [6.07, 6.45) is -2.61. The lowest BCUT2D eigenvalue weighted by molar-refractivity contribution is -0.155. The lowest BCUT2D eigenvalue weighted by atomic mass is 10.1. The maximum absolute atomic E-state index is 14.1. The highest BCUT2D eigenvalue weighted by Gasteiger charge is 2.53. The summed E-state index contributed by atoms with van der Waals surface area (Å²) in [5, 5.41) is 1.84. The van der Waals surface area contributed by atoms with Crippen LogP contribution in [0.2, 0.25) is 0 Å². The average Bonchev–Trinajstić information content (AvgIpc) is 3.01. The van der Waals surface area contributed by atoms with Crippen LogP contribution < -0.4 is 5.32 Å². The standard InChI is InChI=1S/C17H11BrF5N2O4PS/c18-12-10-6-8(3-4-11(10)31-14(12)17(22,23)30(27,28)29)15(26)25-13(16(19,20)21)9-2-1-5-24-7-9/h1-7,13H,(H,25,26)(H2,27,28,29). The highest BCUT2D eigenvalue weighted by molar-refractivity contribution is 9.10. The maximum Gasteiger partial charge on any atom is 0.412 e.